The molecule has 0 bridgehead atoms. The molecule has 1 aromatic heterocycles. The number of carbonyl (C=O) groups is 2. The number of nitrogens with one attached hydrogen (secondary N) is 1. The number of carbonyl (C=O) groups excluding carboxylic acids is 2. The molecule has 1 N–H and O–H groups in total. The Hall–Kier alpha value is -3.87. The lowest BCUT2D eigenvalue weighted by Gasteiger charge is -2.17. The van der Waals surface area contributed by atoms with Crippen molar-refractivity contribution in [2.75, 3.05) is 12.4 Å². The van der Waals surface area contributed by atoms with Gasteiger partial charge in [0.05, 0.1) is 12.6 Å². The second-order valence-corrected chi connectivity index (χ2v) is 8.65. The zero-order valence-corrected chi connectivity index (χ0v) is 21.2. The van der Waals surface area contributed by atoms with Gasteiger partial charge in [0.15, 0.2) is 5.75 Å². The molecule has 0 spiro atoms. The quantitative estimate of drug-likeness (QED) is 0.193. The molecule has 1 amide bonds. The number of fused-ring (bicyclic) bond motifs is 1. The van der Waals surface area contributed by atoms with Crippen LogP contribution in [0.2, 0.25) is 0 Å². The molecule has 1 heterocycles. The van der Waals surface area contributed by atoms with Crippen molar-refractivity contribution >= 4 is 34.5 Å². The van der Waals surface area contributed by atoms with Gasteiger partial charge in [-0.1, -0.05) is 69.4 Å². The number of hydrogen-bond acceptors (Lipinski definition) is 5. The van der Waals surface area contributed by atoms with Crippen LogP contribution in [0.4, 0.5) is 5.69 Å². The topological polar surface area (TPSA) is 86.6 Å². The van der Waals surface area contributed by atoms with Gasteiger partial charge in [0.2, 0.25) is 11.7 Å². The van der Waals surface area contributed by atoms with Gasteiger partial charge in [-0.05, 0) is 36.3 Å². The van der Waals surface area contributed by atoms with Crippen LogP contribution in [0, 0.1) is 0 Å². The molecular formula is C29H34N2O5. The van der Waals surface area contributed by atoms with Crippen molar-refractivity contribution in [1.29, 1.82) is 0 Å². The molecule has 3 aromatic rings. The van der Waals surface area contributed by atoms with Gasteiger partial charge in [-0.25, -0.2) is 0 Å². The third-order valence-corrected chi connectivity index (χ3v) is 5.86. The Morgan fingerprint density at radius 2 is 1.69 bits per heavy atom. The highest BCUT2D eigenvalue weighted by Crippen LogP contribution is 2.34. The largest absolute Gasteiger partial charge is 0.492 e. The van der Waals surface area contributed by atoms with E-state index in [9.17, 15) is 14.4 Å². The molecule has 0 aliphatic rings. The Morgan fingerprint density at radius 3 is 2.39 bits per heavy atom. The Balaban J connectivity index is 1.93. The molecule has 190 valence electrons. The van der Waals surface area contributed by atoms with Gasteiger partial charge in [-0.15, -0.1) is 0 Å². The molecule has 0 saturated carbocycles. The van der Waals surface area contributed by atoms with Crippen molar-refractivity contribution in [1.82, 2.24) is 4.57 Å². The fourth-order valence-electron chi connectivity index (χ4n) is 4.10. The summed E-state index contributed by atoms with van der Waals surface area (Å²) in [5.74, 6) is -0.797. The monoisotopic (exact) mass is 490 g/mol. The van der Waals surface area contributed by atoms with E-state index < -0.39 is 11.5 Å². The van der Waals surface area contributed by atoms with Gasteiger partial charge in [0.1, 0.15) is 0 Å². The summed E-state index contributed by atoms with van der Waals surface area (Å²) in [6.07, 6.45) is 9.63. The summed E-state index contributed by atoms with van der Waals surface area (Å²) in [4.78, 5) is 37.6. The number of nitrogens with zero attached hydrogens (tertiary/aromatic N) is 1. The van der Waals surface area contributed by atoms with Crippen LogP contribution in [0.15, 0.2) is 59.4 Å². The number of amides is 1. The lowest BCUT2D eigenvalue weighted by molar-refractivity contribution is -0.132. The third kappa shape index (κ3) is 7.07. The predicted octanol–water partition coefficient (Wildman–Crippen LogP) is 5.95. The van der Waals surface area contributed by atoms with E-state index in [1.165, 1.54) is 39.4 Å². The number of methoxy groups -OCH3 is 1. The second-order valence-electron chi connectivity index (χ2n) is 8.65. The van der Waals surface area contributed by atoms with Gasteiger partial charge in [0.25, 0.3) is 5.56 Å². The average molecular weight is 491 g/mol. The maximum absolute atomic E-state index is 13.4. The van der Waals surface area contributed by atoms with Gasteiger partial charge >= 0.3 is 5.97 Å². The molecule has 0 aliphatic heterocycles. The standard InChI is InChI=1S/C29H34N2O5/c1-4-5-6-7-8-12-19-31-25-20-23(30-26(33)18-15-22-13-10-9-11-14-22)16-17-24(25)27(35-3)28(29(31)34)36-21(2)32/h9-11,13-18,20H,4-8,12,19H2,1-3H3,(H,30,33). The number of hydrogen-bond donors (Lipinski definition) is 1. The van der Waals surface area contributed by atoms with Crippen LogP contribution in [0.5, 0.6) is 11.5 Å². The molecule has 7 nitrogen and oxygen atoms in total. The number of aryl methyl sites for hydroxylation is 1. The van der Waals surface area contributed by atoms with Crippen molar-refractivity contribution in [3.05, 3.63) is 70.5 Å². The maximum atomic E-state index is 13.4. The summed E-state index contributed by atoms with van der Waals surface area (Å²) in [5.41, 5.74) is 1.63. The summed E-state index contributed by atoms with van der Waals surface area (Å²) >= 11 is 0. The molecule has 7 heteroatoms. The summed E-state index contributed by atoms with van der Waals surface area (Å²) in [7, 11) is 1.43. The summed E-state index contributed by atoms with van der Waals surface area (Å²) in [5, 5.41) is 3.48. The van der Waals surface area contributed by atoms with Crippen LogP contribution in [0.1, 0.15) is 57.9 Å². The van der Waals surface area contributed by atoms with E-state index in [4.69, 9.17) is 9.47 Å². The second kappa shape index (κ2) is 13.3. The van der Waals surface area contributed by atoms with Gasteiger partial charge in [-0.2, -0.15) is 0 Å². The number of ether oxygens (including phenoxy) is 2. The molecule has 0 saturated heterocycles. The van der Waals surface area contributed by atoms with Crippen molar-refractivity contribution in [2.45, 2.75) is 58.9 Å². The summed E-state index contributed by atoms with van der Waals surface area (Å²) in [6.45, 7) is 3.89. The number of benzene rings is 2. The zero-order valence-electron chi connectivity index (χ0n) is 21.2. The Bertz CT molecular complexity index is 1280. The van der Waals surface area contributed by atoms with E-state index in [-0.39, 0.29) is 17.4 Å². The Kier molecular flexibility index (Phi) is 9.86. The van der Waals surface area contributed by atoms with E-state index in [0.717, 1.165) is 24.8 Å². The van der Waals surface area contributed by atoms with Crippen molar-refractivity contribution in [2.24, 2.45) is 0 Å². The number of rotatable bonds is 12. The van der Waals surface area contributed by atoms with E-state index in [2.05, 4.69) is 12.2 Å². The van der Waals surface area contributed by atoms with Crippen LogP contribution in [0.25, 0.3) is 17.0 Å². The first-order valence-corrected chi connectivity index (χ1v) is 12.4. The van der Waals surface area contributed by atoms with Gasteiger partial charge < -0.3 is 19.4 Å². The van der Waals surface area contributed by atoms with Crippen LogP contribution in [-0.4, -0.2) is 23.6 Å². The van der Waals surface area contributed by atoms with Crippen LogP contribution >= 0.6 is 0 Å². The van der Waals surface area contributed by atoms with E-state index in [1.54, 1.807) is 28.8 Å². The first-order valence-electron chi connectivity index (χ1n) is 12.4. The highest BCUT2D eigenvalue weighted by molar-refractivity contribution is 6.03. The number of esters is 1. The molecule has 36 heavy (non-hydrogen) atoms. The minimum atomic E-state index is -0.593. The van der Waals surface area contributed by atoms with Crippen molar-refractivity contribution in [3.63, 3.8) is 0 Å². The predicted molar refractivity (Wildman–Crippen MR) is 144 cm³/mol. The maximum Gasteiger partial charge on any atom is 0.308 e. The molecule has 0 aliphatic carbocycles. The highest BCUT2D eigenvalue weighted by Gasteiger charge is 2.21. The first-order chi connectivity index (χ1) is 17.4. The lowest BCUT2D eigenvalue weighted by atomic mass is 10.1. The zero-order chi connectivity index (χ0) is 25.9. The normalized spacial score (nSPS) is 11.1. The summed E-state index contributed by atoms with van der Waals surface area (Å²) < 4.78 is 12.4. The molecule has 0 atom stereocenters. The Labute approximate surface area is 211 Å². The highest BCUT2D eigenvalue weighted by atomic mass is 16.6. The SMILES string of the molecule is CCCCCCCCn1c(=O)c(OC(C)=O)c(OC)c2ccc(NC(=O)C=Cc3ccccc3)cc21. The molecule has 0 fully saturated rings. The fourth-order valence-corrected chi connectivity index (χ4v) is 4.10. The first kappa shape index (κ1) is 26.7. The smallest absolute Gasteiger partial charge is 0.308 e. The van der Waals surface area contributed by atoms with Crippen molar-refractivity contribution < 1.29 is 19.1 Å². The third-order valence-electron chi connectivity index (χ3n) is 5.86. The molecule has 0 radical (unpaired) electrons. The number of anilines is 1. The van der Waals surface area contributed by atoms with Crippen LogP contribution < -0.4 is 20.3 Å². The van der Waals surface area contributed by atoms with Crippen LogP contribution in [-0.2, 0) is 16.1 Å². The summed E-state index contributed by atoms with van der Waals surface area (Å²) in [6, 6.07) is 14.8. The van der Waals surface area contributed by atoms with Gasteiger partial charge in [-0.3, -0.25) is 14.4 Å². The van der Waals surface area contributed by atoms with E-state index in [1.807, 2.05) is 30.3 Å². The Morgan fingerprint density at radius 1 is 0.972 bits per heavy atom. The lowest BCUT2D eigenvalue weighted by Crippen LogP contribution is -2.25. The molecule has 0 unspecified atom stereocenters. The number of pyridine rings is 1. The number of unbranched alkanes of at least 4 members (excludes halogenated alkanes) is 5. The van der Waals surface area contributed by atoms with Gasteiger partial charge in [0, 0.05) is 30.6 Å². The molecule has 3 rings (SSSR count). The average Bonchev–Trinajstić information content (AvgIpc) is 2.87. The fraction of sp³-hybridized carbons (Fsp3) is 0.345. The van der Waals surface area contributed by atoms with E-state index in [0.29, 0.717) is 23.1 Å². The molecular weight excluding hydrogens is 456 g/mol. The minimum absolute atomic E-state index is 0.119. The van der Waals surface area contributed by atoms with Crippen molar-refractivity contribution in [3.8, 4) is 11.5 Å². The van der Waals surface area contributed by atoms with E-state index >= 15 is 0 Å². The van der Waals surface area contributed by atoms with Crippen LogP contribution in [0.3, 0.4) is 0 Å². The number of aromatic nitrogens is 1. The molecule has 2 aromatic carbocycles. The minimum Gasteiger partial charge on any atom is -0.492 e.